The topological polar surface area (TPSA) is 49.6 Å². The van der Waals surface area contributed by atoms with Crippen molar-refractivity contribution in [3.63, 3.8) is 0 Å². The van der Waals surface area contributed by atoms with Crippen LogP contribution >= 0.6 is 11.8 Å². The highest BCUT2D eigenvalue weighted by Gasteiger charge is 2.24. The SMILES string of the molecule is NCCN(CC(=O)N1CCSc2ccccc21)Cc1ccccc1. The number of thioether (sulfide) groups is 1. The Hall–Kier alpha value is -1.82. The number of nitrogens with two attached hydrogens (primary N) is 1. The highest BCUT2D eigenvalue weighted by molar-refractivity contribution is 7.99. The number of carbonyl (C=O) groups is 1. The Balaban J connectivity index is 1.70. The van der Waals surface area contributed by atoms with Gasteiger partial charge in [0.25, 0.3) is 0 Å². The number of benzene rings is 2. The highest BCUT2D eigenvalue weighted by atomic mass is 32.2. The van der Waals surface area contributed by atoms with Crippen molar-refractivity contribution >= 4 is 23.4 Å². The van der Waals surface area contributed by atoms with Gasteiger partial charge >= 0.3 is 0 Å². The highest BCUT2D eigenvalue weighted by Crippen LogP contribution is 2.34. The van der Waals surface area contributed by atoms with E-state index in [0.29, 0.717) is 19.6 Å². The molecule has 0 bridgehead atoms. The molecule has 2 N–H and O–H groups in total. The van der Waals surface area contributed by atoms with Crippen molar-refractivity contribution in [2.75, 3.05) is 36.8 Å². The first-order valence-corrected chi connectivity index (χ1v) is 9.25. The second kappa shape index (κ2) is 8.33. The van der Waals surface area contributed by atoms with Gasteiger partial charge in [-0.1, -0.05) is 42.5 Å². The normalized spacial score (nSPS) is 13.8. The molecular formula is C19H23N3OS. The quantitative estimate of drug-likeness (QED) is 0.877. The molecule has 2 aromatic carbocycles. The van der Waals surface area contributed by atoms with E-state index in [1.807, 2.05) is 53.1 Å². The molecule has 24 heavy (non-hydrogen) atoms. The van der Waals surface area contributed by atoms with Crippen LogP contribution in [-0.2, 0) is 11.3 Å². The van der Waals surface area contributed by atoms with Crippen LogP contribution < -0.4 is 10.6 Å². The fraction of sp³-hybridized carbons (Fsp3) is 0.316. The maximum atomic E-state index is 12.9. The number of hydrogen-bond donors (Lipinski definition) is 1. The minimum atomic E-state index is 0.145. The van der Waals surface area contributed by atoms with E-state index in [-0.39, 0.29) is 5.91 Å². The maximum Gasteiger partial charge on any atom is 0.241 e. The first-order valence-electron chi connectivity index (χ1n) is 8.26. The number of amides is 1. The van der Waals surface area contributed by atoms with Gasteiger partial charge in [0.05, 0.1) is 12.2 Å². The molecule has 0 saturated heterocycles. The molecule has 1 heterocycles. The molecule has 0 aliphatic carbocycles. The lowest BCUT2D eigenvalue weighted by Gasteiger charge is -2.31. The average Bonchev–Trinajstić information content (AvgIpc) is 2.62. The third-order valence-corrected chi connectivity index (χ3v) is 5.13. The number of nitrogens with zero attached hydrogens (tertiary/aromatic N) is 2. The van der Waals surface area contributed by atoms with Crippen molar-refractivity contribution in [2.24, 2.45) is 5.73 Å². The zero-order valence-electron chi connectivity index (χ0n) is 13.7. The van der Waals surface area contributed by atoms with E-state index in [9.17, 15) is 4.79 Å². The molecule has 3 rings (SSSR count). The van der Waals surface area contributed by atoms with Gasteiger partial charge in [-0.2, -0.15) is 0 Å². The van der Waals surface area contributed by atoms with Crippen molar-refractivity contribution in [1.82, 2.24) is 4.90 Å². The van der Waals surface area contributed by atoms with E-state index in [2.05, 4.69) is 23.1 Å². The van der Waals surface area contributed by atoms with Gasteiger partial charge in [-0.05, 0) is 17.7 Å². The van der Waals surface area contributed by atoms with Crippen LogP contribution in [0.1, 0.15) is 5.56 Å². The monoisotopic (exact) mass is 341 g/mol. The molecule has 4 nitrogen and oxygen atoms in total. The minimum absolute atomic E-state index is 0.145. The molecule has 5 heteroatoms. The minimum Gasteiger partial charge on any atom is -0.329 e. The van der Waals surface area contributed by atoms with E-state index in [0.717, 1.165) is 24.5 Å². The third kappa shape index (κ3) is 4.17. The van der Waals surface area contributed by atoms with E-state index in [1.54, 1.807) is 0 Å². The van der Waals surface area contributed by atoms with E-state index in [1.165, 1.54) is 10.5 Å². The predicted molar refractivity (Wildman–Crippen MR) is 100 cm³/mol. The number of anilines is 1. The smallest absolute Gasteiger partial charge is 0.241 e. The van der Waals surface area contributed by atoms with Gasteiger partial charge in [0.1, 0.15) is 0 Å². The van der Waals surface area contributed by atoms with Gasteiger partial charge < -0.3 is 10.6 Å². The van der Waals surface area contributed by atoms with Gasteiger partial charge in [-0.25, -0.2) is 0 Å². The largest absolute Gasteiger partial charge is 0.329 e. The molecule has 1 aliphatic heterocycles. The summed E-state index contributed by atoms with van der Waals surface area (Å²) in [4.78, 5) is 18.1. The summed E-state index contributed by atoms with van der Waals surface area (Å²) in [7, 11) is 0. The zero-order chi connectivity index (χ0) is 16.8. The van der Waals surface area contributed by atoms with E-state index >= 15 is 0 Å². The second-order valence-electron chi connectivity index (χ2n) is 5.85. The Bertz CT molecular complexity index is 677. The van der Waals surface area contributed by atoms with E-state index < -0.39 is 0 Å². The maximum absolute atomic E-state index is 12.9. The average molecular weight is 341 g/mol. The van der Waals surface area contributed by atoms with Gasteiger partial charge in [0.2, 0.25) is 5.91 Å². The molecule has 0 fully saturated rings. The third-order valence-electron chi connectivity index (χ3n) is 4.08. The van der Waals surface area contributed by atoms with Crippen LogP contribution in [0.4, 0.5) is 5.69 Å². The molecular weight excluding hydrogens is 318 g/mol. The number of para-hydroxylation sites is 1. The summed E-state index contributed by atoms with van der Waals surface area (Å²) in [6.07, 6.45) is 0. The zero-order valence-corrected chi connectivity index (χ0v) is 14.5. The lowest BCUT2D eigenvalue weighted by Crippen LogP contribution is -2.43. The van der Waals surface area contributed by atoms with Crippen LogP contribution in [0.2, 0.25) is 0 Å². The molecule has 126 valence electrons. The number of hydrogen-bond acceptors (Lipinski definition) is 4. The molecule has 0 radical (unpaired) electrons. The summed E-state index contributed by atoms with van der Waals surface area (Å²) >= 11 is 1.81. The summed E-state index contributed by atoms with van der Waals surface area (Å²) in [5.41, 5.74) is 7.98. The number of rotatable bonds is 6. The molecule has 0 spiro atoms. The first-order chi connectivity index (χ1) is 11.8. The van der Waals surface area contributed by atoms with Gasteiger partial charge in [0.15, 0.2) is 0 Å². The van der Waals surface area contributed by atoms with Gasteiger partial charge in [-0.3, -0.25) is 9.69 Å². The van der Waals surface area contributed by atoms with Gasteiger partial charge in [0, 0.05) is 36.8 Å². The van der Waals surface area contributed by atoms with Crippen LogP contribution in [0.5, 0.6) is 0 Å². The van der Waals surface area contributed by atoms with Crippen molar-refractivity contribution in [3.05, 3.63) is 60.2 Å². The Labute approximate surface area is 147 Å². The second-order valence-corrected chi connectivity index (χ2v) is 6.98. The molecule has 1 aliphatic rings. The molecule has 2 aromatic rings. The Morgan fingerprint density at radius 2 is 1.88 bits per heavy atom. The Morgan fingerprint density at radius 3 is 2.67 bits per heavy atom. The number of carbonyl (C=O) groups excluding carboxylic acids is 1. The van der Waals surface area contributed by atoms with Crippen LogP contribution in [0.25, 0.3) is 0 Å². The predicted octanol–water partition coefficient (Wildman–Crippen LogP) is 2.59. The molecule has 0 unspecified atom stereocenters. The molecule has 0 saturated carbocycles. The van der Waals surface area contributed by atoms with Crippen LogP contribution in [0.3, 0.4) is 0 Å². The number of fused-ring (bicyclic) bond motifs is 1. The van der Waals surface area contributed by atoms with Crippen LogP contribution in [-0.4, -0.2) is 42.7 Å². The van der Waals surface area contributed by atoms with Crippen molar-refractivity contribution < 1.29 is 4.79 Å². The standard InChI is InChI=1S/C19H23N3OS/c20-10-11-21(14-16-6-2-1-3-7-16)15-19(23)22-12-13-24-18-9-5-4-8-17(18)22/h1-9H,10-15,20H2. The Morgan fingerprint density at radius 1 is 1.12 bits per heavy atom. The van der Waals surface area contributed by atoms with Crippen LogP contribution in [0, 0.1) is 0 Å². The van der Waals surface area contributed by atoms with Crippen molar-refractivity contribution in [1.29, 1.82) is 0 Å². The first kappa shape index (κ1) is 17.0. The lowest BCUT2D eigenvalue weighted by atomic mass is 10.2. The summed E-state index contributed by atoms with van der Waals surface area (Å²) in [6.45, 7) is 3.17. The summed E-state index contributed by atoms with van der Waals surface area (Å²) in [5.74, 6) is 1.09. The summed E-state index contributed by atoms with van der Waals surface area (Å²) in [5, 5.41) is 0. The molecule has 0 atom stereocenters. The molecule has 0 aromatic heterocycles. The van der Waals surface area contributed by atoms with Crippen LogP contribution in [0.15, 0.2) is 59.5 Å². The summed E-state index contributed by atoms with van der Waals surface area (Å²) < 4.78 is 0. The van der Waals surface area contributed by atoms with Crippen molar-refractivity contribution in [3.8, 4) is 0 Å². The summed E-state index contributed by atoms with van der Waals surface area (Å²) in [6, 6.07) is 18.4. The fourth-order valence-electron chi connectivity index (χ4n) is 2.94. The lowest BCUT2D eigenvalue weighted by molar-refractivity contribution is -0.119. The molecule has 1 amide bonds. The van der Waals surface area contributed by atoms with Crippen molar-refractivity contribution in [2.45, 2.75) is 11.4 Å². The van der Waals surface area contributed by atoms with E-state index in [4.69, 9.17) is 5.73 Å². The fourth-order valence-corrected chi connectivity index (χ4v) is 3.94. The van der Waals surface area contributed by atoms with Gasteiger partial charge in [-0.15, -0.1) is 11.8 Å². The Kier molecular flexibility index (Phi) is 5.91.